The average molecular weight is 167 g/mol. The quantitative estimate of drug-likeness (QED) is 0.625. The Balaban J connectivity index is 3.16. The highest BCUT2D eigenvalue weighted by atomic mass is 19.1. The molecule has 2 nitrogen and oxygen atoms in total. The summed E-state index contributed by atoms with van der Waals surface area (Å²) in [5.74, 6) is -0.314. The molecule has 1 aromatic rings. The zero-order valence-corrected chi connectivity index (χ0v) is 7.04. The van der Waals surface area contributed by atoms with Gasteiger partial charge >= 0.3 is 0 Å². The molecule has 64 valence electrons. The zero-order chi connectivity index (χ0) is 9.14. The lowest BCUT2D eigenvalue weighted by Crippen LogP contribution is -2.10. The Labute approximate surface area is 70.6 Å². The number of hydrogen-bond acceptors (Lipinski definition) is 2. The minimum Gasteiger partial charge on any atom is -0.375 e. The molecule has 3 heteroatoms. The number of benzene rings is 1. The first kappa shape index (κ1) is 8.71. The van der Waals surface area contributed by atoms with E-state index in [1.54, 1.807) is 19.0 Å². The maximum Gasteiger partial charge on any atom is 0.150 e. The van der Waals surface area contributed by atoms with Gasteiger partial charge in [0.25, 0.3) is 0 Å². The van der Waals surface area contributed by atoms with Crippen LogP contribution in [0.5, 0.6) is 0 Å². The number of aldehydes is 1. The van der Waals surface area contributed by atoms with Crippen LogP contribution < -0.4 is 4.90 Å². The summed E-state index contributed by atoms with van der Waals surface area (Å²) in [6.07, 6.45) is 0.701. The molecule has 0 spiro atoms. The number of anilines is 1. The Hall–Kier alpha value is -1.38. The second-order valence-corrected chi connectivity index (χ2v) is 2.72. The number of carbonyl (C=O) groups is 1. The largest absolute Gasteiger partial charge is 0.375 e. The summed E-state index contributed by atoms with van der Waals surface area (Å²) in [5, 5.41) is 0. The normalized spacial score (nSPS) is 9.58. The molecular weight excluding hydrogens is 157 g/mol. The van der Waals surface area contributed by atoms with E-state index < -0.39 is 0 Å². The van der Waals surface area contributed by atoms with Crippen molar-refractivity contribution in [1.29, 1.82) is 0 Å². The summed E-state index contributed by atoms with van der Waals surface area (Å²) in [5.41, 5.74) is 0.916. The van der Waals surface area contributed by atoms with Gasteiger partial charge in [-0.3, -0.25) is 4.79 Å². The predicted octanol–water partition coefficient (Wildman–Crippen LogP) is 1.70. The van der Waals surface area contributed by atoms with Gasteiger partial charge in [0, 0.05) is 19.7 Å². The molecular formula is C9H10FNO. The molecule has 0 saturated heterocycles. The van der Waals surface area contributed by atoms with Gasteiger partial charge in [0.1, 0.15) is 12.1 Å². The van der Waals surface area contributed by atoms with Crippen LogP contribution in [-0.4, -0.2) is 20.4 Å². The monoisotopic (exact) mass is 167 g/mol. The van der Waals surface area contributed by atoms with Crippen molar-refractivity contribution in [3.63, 3.8) is 0 Å². The Morgan fingerprint density at radius 2 is 2.08 bits per heavy atom. The molecule has 0 atom stereocenters. The molecule has 0 aliphatic rings. The number of halogens is 1. The molecule has 0 aliphatic heterocycles. The van der Waals surface area contributed by atoms with E-state index >= 15 is 0 Å². The minimum absolute atomic E-state index is 0.314. The van der Waals surface area contributed by atoms with Crippen molar-refractivity contribution in [3.8, 4) is 0 Å². The summed E-state index contributed by atoms with van der Waals surface area (Å²) < 4.78 is 13.0. The van der Waals surface area contributed by atoms with Crippen molar-refractivity contribution in [2.75, 3.05) is 19.0 Å². The summed E-state index contributed by atoms with van der Waals surface area (Å²) in [4.78, 5) is 12.0. The maximum absolute atomic E-state index is 13.0. The van der Waals surface area contributed by atoms with Gasteiger partial charge in [0.15, 0.2) is 0 Å². The first-order chi connectivity index (χ1) is 5.65. The minimum atomic E-state index is -0.314. The van der Waals surface area contributed by atoms with E-state index in [0.29, 0.717) is 17.5 Å². The zero-order valence-electron chi connectivity index (χ0n) is 7.04. The van der Waals surface area contributed by atoms with Crippen molar-refractivity contribution >= 4 is 12.0 Å². The van der Waals surface area contributed by atoms with Crippen LogP contribution in [-0.2, 0) is 0 Å². The van der Waals surface area contributed by atoms with Gasteiger partial charge in [0.05, 0.1) is 5.69 Å². The summed E-state index contributed by atoms with van der Waals surface area (Å²) in [6.45, 7) is 0. The summed E-state index contributed by atoms with van der Waals surface area (Å²) in [6, 6.07) is 4.26. The van der Waals surface area contributed by atoms with Gasteiger partial charge in [-0.2, -0.15) is 0 Å². The fraction of sp³-hybridized carbons (Fsp3) is 0.222. The third-order valence-electron chi connectivity index (χ3n) is 1.59. The van der Waals surface area contributed by atoms with Gasteiger partial charge in [-0.25, -0.2) is 4.39 Å². The smallest absolute Gasteiger partial charge is 0.150 e. The van der Waals surface area contributed by atoms with E-state index in [9.17, 15) is 9.18 Å². The first-order valence-corrected chi connectivity index (χ1v) is 3.57. The van der Waals surface area contributed by atoms with Crippen LogP contribution in [0.4, 0.5) is 10.1 Å². The van der Waals surface area contributed by atoms with Crippen LogP contribution in [0, 0.1) is 5.82 Å². The highest BCUT2D eigenvalue weighted by Crippen LogP contribution is 2.17. The molecule has 0 bridgehead atoms. The fourth-order valence-corrected chi connectivity index (χ4v) is 0.946. The van der Waals surface area contributed by atoms with E-state index in [-0.39, 0.29) is 5.82 Å². The van der Waals surface area contributed by atoms with Gasteiger partial charge in [-0.15, -0.1) is 0 Å². The molecule has 0 radical (unpaired) electrons. The lowest BCUT2D eigenvalue weighted by molar-refractivity contribution is 0.112. The molecule has 0 fully saturated rings. The maximum atomic E-state index is 13.0. The number of carbonyl (C=O) groups excluding carboxylic acids is 1. The Bertz CT molecular complexity index is 297. The highest BCUT2D eigenvalue weighted by Gasteiger charge is 2.03. The van der Waals surface area contributed by atoms with Crippen LogP contribution in [0.1, 0.15) is 10.4 Å². The van der Waals surface area contributed by atoms with E-state index in [1.807, 2.05) is 0 Å². The van der Waals surface area contributed by atoms with Crippen molar-refractivity contribution in [2.24, 2.45) is 0 Å². The predicted molar refractivity (Wildman–Crippen MR) is 46.1 cm³/mol. The lowest BCUT2D eigenvalue weighted by Gasteiger charge is -2.13. The topological polar surface area (TPSA) is 20.3 Å². The number of rotatable bonds is 2. The van der Waals surface area contributed by atoms with Gasteiger partial charge in [0.2, 0.25) is 0 Å². The Morgan fingerprint density at radius 1 is 1.42 bits per heavy atom. The molecule has 1 rings (SSSR count). The van der Waals surface area contributed by atoms with E-state index in [1.165, 1.54) is 18.2 Å². The van der Waals surface area contributed by atoms with Crippen LogP contribution >= 0.6 is 0 Å². The van der Waals surface area contributed by atoms with E-state index in [0.717, 1.165) is 0 Å². The highest BCUT2D eigenvalue weighted by molar-refractivity contribution is 5.77. The fourth-order valence-electron chi connectivity index (χ4n) is 0.946. The van der Waals surface area contributed by atoms with Gasteiger partial charge < -0.3 is 4.90 Å². The summed E-state index contributed by atoms with van der Waals surface area (Å²) >= 11 is 0. The number of nitrogens with zero attached hydrogens (tertiary/aromatic N) is 1. The lowest BCUT2D eigenvalue weighted by atomic mass is 10.2. The molecule has 0 aromatic heterocycles. The molecule has 0 aliphatic carbocycles. The average Bonchev–Trinajstić information content (AvgIpc) is 2.05. The van der Waals surface area contributed by atoms with Crippen molar-refractivity contribution < 1.29 is 9.18 Å². The van der Waals surface area contributed by atoms with Crippen LogP contribution in [0.15, 0.2) is 18.2 Å². The first-order valence-electron chi connectivity index (χ1n) is 3.57. The Morgan fingerprint density at radius 3 is 2.58 bits per heavy atom. The Kier molecular flexibility index (Phi) is 2.43. The van der Waals surface area contributed by atoms with Crippen molar-refractivity contribution in [3.05, 3.63) is 29.6 Å². The van der Waals surface area contributed by atoms with E-state index in [2.05, 4.69) is 0 Å². The molecule has 0 saturated carbocycles. The van der Waals surface area contributed by atoms with Crippen molar-refractivity contribution in [1.82, 2.24) is 0 Å². The number of hydrogen-bond donors (Lipinski definition) is 0. The van der Waals surface area contributed by atoms with Crippen LogP contribution in [0.25, 0.3) is 0 Å². The van der Waals surface area contributed by atoms with Crippen molar-refractivity contribution in [2.45, 2.75) is 0 Å². The molecule has 12 heavy (non-hydrogen) atoms. The molecule has 0 heterocycles. The second kappa shape index (κ2) is 3.34. The third-order valence-corrected chi connectivity index (χ3v) is 1.59. The van der Waals surface area contributed by atoms with Gasteiger partial charge in [-0.05, 0) is 18.2 Å². The molecule has 0 amide bonds. The molecule has 0 unspecified atom stereocenters. The van der Waals surface area contributed by atoms with E-state index in [4.69, 9.17) is 0 Å². The standard InChI is InChI=1S/C9H10FNO/c1-11(2)9-5-7(6-12)3-4-8(9)10/h3-6H,1-2H3. The van der Waals surface area contributed by atoms with Gasteiger partial charge in [-0.1, -0.05) is 0 Å². The SMILES string of the molecule is CN(C)c1cc(C=O)ccc1F. The molecule has 1 aromatic carbocycles. The summed E-state index contributed by atoms with van der Waals surface area (Å²) in [7, 11) is 3.46. The third kappa shape index (κ3) is 1.61. The van der Waals surface area contributed by atoms with Crippen LogP contribution in [0.3, 0.4) is 0 Å². The van der Waals surface area contributed by atoms with Crippen LogP contribution in [0.2, 0.25) is 0 Å². The second-order valence-electron chi connectivity index (χ2n) is 2.72. The molecule has 0 N–H and O–H groups in total.